The highest BCUT2D eigenvalue weighted by atomic mass is 16.2. The number of pyridine rings is 2. The van der Waals surface area contributed by atoms with E-state index in [1.165, 1.54) is 11.1 Å². The van der Waals surface area contributed by atoms with Crippen LogP contribution in [0.3, 0.4) is 0 Å². The SMILES string of the molecule is Cc1cccc(C)c1N(CCCCc1ccncc1)C(=O)CCCc1cccnc1. The zero-order chi connectivity index (χ0) is 21.2. The van der Waals surface area contributed by atoms with Crippen LogP contribution in [-0.2, 0) is 17.6 Å². The van der Waals surface area contributed by atoms with E-state index in [9.17, 15) is 4.79 Å². The number of carbonyl (C=O) groups excluding carboxylic acids is 1. The Kier molecular flexibility index (Phi) is 8.13. The van der Waals surface area contributed by atoms with Crippen LogP contribution in [0.1, 0.15) is 47.9 Å². The van der Waals surface area contributed by atoms with Crippen LogP contribution in [0.4, 0.5) is 5.69 Å². The standard InChI is InChI=1S/C26H31N3O/c1-21-8-5-9-22(2)26(21)29(19-4-3-10-23-14-17-27-18-15-23)25(30)13-6-11-24-12-7-16-28-20-24/h5,7-9,12,14-18,20H,3-4,6,10-11,13,19H2,1-2H3. The van der Waals surface area contributed by atoms with Gasteiger partial charge in [-0.1, -0.05) is 24.3 Å². The second-order valence-corrected chi connectivity index (χ2v) is 7.81. The first kappa shape index (κ1) is 21.7. The Hall–Kier alpha value is -3.01. The van der Waals surface area contributed by atoms with Gasteiger partial charge in [-0.25, -0.2) is 0 Å². The first-order valence-corrected chi connectivity index (χ1v) is 10.8. The lowest BCUT2D eigenvalue weighted by Gasteiger charge is -2.26. The quantitative estimate of drug-likeness (QED) is 0.423. The third-order valence-corrected chi connectivity index (χ3v) is 5.44. The van der Waals surface area contributed by atoms with Crippen LogP contribution in [0, 0.1) is 13.8 Å². The van der Waals surface area contributed by atoms with Gasteiger partial charge in [-0.05, 0) is 86.4 Å². The third-order valence-electron chi connectivity index (χ3n) is 5.44. The predicted molar refractivity (Wildman–Crippen MR) is 123 cm³/mol. The van der Waals surface area contributed by atoms with Gasteiger partial charge < -0.3 is 4.90 Å². The highest BCUT2D eigenvalue weighted by molar-refractivity contribution is 5.94. The number of aromatic nitrogens is 2. The summed E-state index contributed by atoms with van der Waals surface area (Å²) < 4.78 is 0. The van der Waals surface area contributed by atoms with E-state index in [0.29, 0.717) is 6.42 Å². The van der Waals surface area contributed by atoms with E-state index in [4.69, 9.17) is 0 Å². The number of anilines is 1. The van der Waals surface area contributed by atoms with Crippen molar-refractivity contribution in [3.05, 3.63) is 89.5 Å². The van der Waals surface area contributed by atoms with Gasteiger partial charge in [0.2, 0.25) is 5.91 Å². The Morgan fingerprint density at radius 2 is 1.53 bits per heavy atom. The average molecular weight is 402 g/mol. The summed E-state index contributed by atoms with van der Waals surface area (Å²) in [4.78, 5) is 23.5. The third kappa shape index (κ3) is 6.24. The predicted octanol–water partition coefficient (Wildman–Crippen LogP) is 5.47. The molecule has 2 heterocycles. The zero-order valence-electron chi connectivity index (χ0n) is 18.1. The Labute approximate surface area is 180 Å². The summed E-state index contributed by atoms with van der Waals surface area (Å²) >= 11 is 0. The molecule has 0 saturated heterocycles. The number of amides is 1. The Morgan fingerprint density at radius 3 is 2.23 bits per heavy atom. The lowest BCUT2D eigenvalue weighted by molar-refractivity contribution is -0.118. The molecule has 0 radical (unpaired) electrons. The Balaban J connectivity index is 1.62. The highest BCUT2D eigenvalue weighted by Crippen LogP contribution is 2.26. The lowest BCUT2D eigenvalue weighted by Crippen LogP contribution is -2.33. The average Bonchev–Trinajstić information content (AvgIpc) is 2.76. The van der Waals surface area contributed by atoms with Crippen LogP contribution in [0.2, 0.25) is 0 Å². The van der Waals surface area contributed by atoms with E-state index in [-0.39, 0.29) is 5.91 Å². The van der Waals surface area contributed by atoms with E-state index in [1.807, 2.05) is 29.6 Å². The van der Waals surface area contributed by atoms with E-state index in [2.05, 4.69) is 60.2 Å². The molecule has 0 bridgehead atoms. The molecule has 30 heavy (non-hydrogen) atoms. The molecule has 1 aromatic carbocycles. The number of hydrogen-bond acceptors (Lipinski definition) is 3. The smallest absolute Gasteiger partial charge is 0.227 e. The summed E-state index contributed by atoms with van der Waals surface area (Å²) in [5.74, 6) is 0.209. The number of nitrogens with zero attached hydrogens (tertiary/aromatic N) is 3. The van der Waals surface area contributed by atoms with Crippen molar-refractivity contribution in [2.45, 2.75) is 52.4 Å². The number of benzene rings is 1. The molecule has 0 aliphatic heterocycles. The maximum Gasteiger partial charge on any atom is 0.227 e. The van der Waals surface area contributed by atoms with Gasteiger partial charge in [-0.3, -0.25) is 14.8 Å². The number of aryl methyl sites for hydroxylation is 4. The van der Waals surface area contributed by atoms with Gasteiger partial charge in [0, 0.05) is 43.4 Å². The number of rotatable bonds is 10. The maximum absolute atomic E-state index is 13.2. The molecule has 0 atom stereocenters. The number of carbonyl (C=O) groups is 1. The van der Waals surface area contributed by atoms with E-state index in [0.717, 1.165) is 55.5 Å². The molecule has 0 spiro atoms. The zero-order valence-corrected chi connectivity index (χ0v) is 18.1. The molecular weight excluding hydrogens is 370 g/mol. The molecule has 0 fully saturated rings. The molecule has 0 aliphatic rings. The summed E-state index contributed by atoms with van der Waals surface area (Å²) in [6.45, 7) is 4.94. The fourth-order valence-electron chi connectivity index (χ4n) is 3.87. The van der Waals surface area contributed by atoms with Crippen molar-refractivity contribution < 1.29 is 4.79 Å². The van der Waals surface area contributed by atoms with Gasteiger partial charge in [0.05, 0.1) is 0 Å². The van der Waals surface area contributed by atoms with Crippen molar-refractivity contribution in [3.8, 4) is 0 Å². The second-order valence-electron chi connectivity index (χ2n) is 7.81. The fourth-order valence-corrected chi connectivity index (χ4v) is 3.87. The number of para-hydroxylation sites is 1. The van der Waals surface area contributed by atoms with Crippen molar-refractivity contribution in [1.29, 1.82) is 0 Å². The monoisotopic (exact) mass is 401 g/mol. The molecule has 4 nitrogen and oxygen atoms in total. The first-order valence-electron chi connectivity index (χ1n) is 10.8. The van der Waals surface area contributed by atoms with Crippen LogP contribution in [0.5, 0.6) is 0 Å². The summed E-state index contributed by atoms with van der Waals surface area (Å²) in [6, 6.07) is 14.4. The second kappa shape index (κ2) is 11.2. The molecular formula is C26H31N3O. The van der Waals surface area contributed by atoms with Gasteiger partial charge in [0.25, 0.3) is 0 Å². The number of unbranched alkanes of at least 4 members (excludes halogenated alkanes) is 1. The molecule has 0 aliphatic carbocycles. The van der Waals surface area contributed by atoms with Crippen molar-refractivity contribution in [1.82, 2.24) is 9.97 Å². The first-order chi connectivity index (χ1) is 14.6. The van der Waals surface area contributed by atoms with Gasteiger partial charge >= 0.3 is 0 Å². The van der Waals surface area contributed by atoms with Gasteiger partial charge in [0.15, 0.2) is 0 Å². The van der Waals surface area contributed by atoms with Gasteiger partial charge in [0.1, 0.15) is 0 Å². The Bertz CT molecular complexity index is 905. The minimum atomic E-state index is 0.209. The minimum absolute atomic E-state index is 0.209. The fraction of sp³-hybridized carbons (Fsp3) is 0.346. The van der Waals surface area contributed by atoms with Crippen molar-refractivity contribution in [3.63, 3.8) is 0 Å². The number of hydrogen-bond donors (Lipinski definition) is 0. The van der Waals surface area contributed by atoms with Crippen LogP contribution in [0.15, 0.2) is 67.3 Å². The van der Waals surface area contributed by atoms with Crippen molar-refractivity contribution >= 4 is 11.6 Å². The molecule has 3 aromatic rings. The van der Waals surface area contributed by atoms with E-state index >= 15 is 0 Å². The largest absolute Gasteiger partial charge is 0.312 e. The summed E-state index contributed by atoms with van der Waals surface area (Å²) in [7, 11) is 0. The van der Waals surface area contributed by atoms with Crippen molar-refractivity contribution in [2.75, 3.05) is 11.4 Å². The topological polar surface area (TPSA) is 46.1 Å². The van der Waals surface area contributed by atoms with Crippen LogP contribution in [0.25, 0.3) is 0 Å². The Morgan fingerprint density at radius 1 is 0.800 bits per heavy atom. The maximum atomic E-state index is 13.2. The summed E-state index contributed by atoms with van der Waals surface area (Å²) in [6.07, 6.45) is 12.6. The van der Waals surface area contributed by atoms with E-state index in [1.54, 1.807) is 6.20 Å². The van der Waals surface area contributed by atoms with E-state index < -0.39 is 0 Å². The van der Waals surface area contributed by atoms with Crippen LogP contribution in [-0.4, -0.2) is 22.4 Å². The minimum Gasteiger partial charge on any atom is -0.312 e. The summed E-state index contributed by atoms with van der Waals surface area (Å²) in [5, 5.41) is 0. The van der Waals surface area contributed by atoms with Gasteiger partial charge in [-0.2, -0.15) is 0 Å². The molecule has 0 N–H and O–H groups in total. The highest BCUT2D eigenvalue weighted by Gasteiger charge is 2.18. The van der Waals surface area contributed by atoms with Gasteiger partial charge in [-0.15, -0.1) is 0 Å². The van der Waals surface area contributed by atoms with Crippen molar-refractivity contribution in [2.24, 2.45) is 0 Å². The molecule has 4 heteroatoms. The van der Waals surface area contributed by atoms with Crippen LogP contribution >= 0.6 is 0 Å². The molecule has 1 amide bonds. The molecule has 156 valence electrons. The summed E-state index contributed by atoms with van der Waals surface area (Å²) in [5.41, 5.74) is 5.87. The molecule has 3 rings (SSSR count). The molecule has 0 unspecified atom stereocenters. The van der Waals surface area contributed by atoms with Crippen LogP contribution < -0.4 is 4.90 Å². The molecule has 0 saturated carbocycles. The normalized spacial score (nSPS) is 10.7. The lowest BCUT2D eigenvalue weighted by atomic mass is 10.0. The molecule has 2 aromatic heterocycles.